The molecular weight excluding hydrogens is 290 g/mol. The summed E-state index contributed by atoms with van der Waals surface area (Å²) >= 11 is 6.07. The fourth-order valence-electron chi connectivity index (χ4n) is 2.62. The number of methoxy groups -OCH3 is 1. The van der Waals surface area contributed by atoms with Crippen LogP contribution in [0.15, 0.2) is 12.1 Å². The molecular formula is C15H16ClN3O2. The first-order valence-electron chi connectivity index (χ1n) is 6.81. The summed E-state index contributed by atoms with van der Waals surface area (Å²) in [5, 5.41) is 10.5. The van der Waals surface area contributed by atoms with Crippen molar-refractivity contribution in [3.05, 3.63) is 39.7 Å². The van der Waals surface area contributed by atoms with Crippen LogP contribution in [0.3, 0.4) is 0 Å². The second-order valence-corrected chi connectivity index (χ2v) is 5.55. The number of aromatic amines is 1. The Morgan fingerprint density at radius 3 is 3.00 bits per heavy atom. The number of ether oxygens (including phenoxy) is 1. The van der Waals surface area contributed by atoms with Gasteiger partial charge in [-0.3, -0.25) is 9.89 Å². The molecule has 2 N–H and O–H groups in total. The molecule has 1 amide bonds. The summed E-state index contributed by atoms with van der Waals surface area (Å²) in [7, 11) is 1.54. The number of aryl methyl sites for hydroxylation is 2. The molecule has 1 aliphatic rings. The van der Waals surface area contributed by atoms with E-state index in [1.54, 1.807) is 19.2 Å². The Balaban J connectivity index is 1.89. The Labute approximate surface area is 127 Å². The molecule has 6 heteroatoms. The topological polar surface area (TPSA) is 67.0 Å². The first-order chi connectivity index (χ1) is 10.1. The average molecular weight is 306 g/mol. The van der Waals surface area contributed by atoms with Gasteiger partial charge >= 0.3 is 0 Å². The SMILES string of the molecule is COc1cc(Cl)c(C)cc1NC(=O)c1n[nH]c2c1CCC2. The van der Waals surface area contributed by atoms with Crippen LogP contribution < -0.4 is 10.1 Å². The van der Waals surface area contributed by atoms with Crippen molar-refractivity contribution in [3.8, 4) is 5.75 Å². The van der Waals surface area contributed by atoms with Gasteiger partial charge in [-0.15, -0.1) is 0 Å². The van der Waals surface area contributed by atoms with Crippen LogP contribution in [0.5, 0.6) is 5.75 Å². The summed E-state index contributed by atoms with van der Waals surface area (Å²) in [6, 6.07) is 3.49. The van der Waals surface area contributed by atoms with Crippen molar-refractivity contribution < 1.29 is 9.53 Å². The Morgan fingerprint density at radius 2 is 2.24 bits per heavy atom. The predicted molar refractivity (Wildman–Crippen MR) is 81.3 cm³/mol. The predicted octanol–water partition coefficient (Wildman–Crippen LogP) is 3.12. The van der Waals surface area contributed by atoms with Gasteiger partial charge < -0.3 is 10.1 Å². The molecule has 1 aliphatic carbocycles. The monoisotopic (exact) mass is 305 g/mol. The number of amides is 1. The number of H-pyrrole nitrogens is 1. The molecule has 110 valence electrons. The minimum absolute atomic E-state index is 0.227. The number of benzene rings is 1. The van der Waals surface area contributed by atoms with E-state index in [-0.39, 0.29) is 5.91 Å². The van der Waals surface area contributed by atoms with Gasteiger partial charge in [-0.25, -0.2) is 0 Å². The van der Waals surface area contributed by atoms with E-state index in [4.69, 9.17) is 16.3 Å². The number of fused-ring (bicyclic) bond motifs is 1. The van der Waals surface area contributed by atoms with Crippen molar-refractivity contribution in [2.45, 2.75) is 26.2 Å². The number of nitrogens with zero attached hydrogens (tertiary/aromatic N) is 1. The lowest BCUT2D eigenvalue weighted by molar-refractivity contribution is 0.102. The molecule has 0 fully saturated rings. The molecule has 1 heterocycles. The van der Waals surface area contributed by atoms with Gasteiger partial charge in [0, 0.05) is 22.3 Å². The Morgan fingerprint density at radius 1 is 1.43 bits per heavy atom. The van der Waals surface area contributed by atoms with Crippen molar-refractivity contribution in [1.29, 1.82) is 0 Å². The highest BCUT2D eigenvalue weighted by molar-refractivity contribution is 6.31. The zero-order chi connectivity index (χ0) is 15.0. The molecule has 0 spiro atoms. The number of aromatic nitrogens is 2. The molecule has 1 aromatic carbocycles. The largest absolute Gasteiger partial charge is 0.495 e. The number of nitrogens with one attached hydrogen (secondary N) is 2. The summed E-state index contributed by atoms with van der Waals surface area (Å²) in [5.74, 6) is 0.306. The maximum atomic E-state index is 12.4. The van der Waals surface area contributed by atoms with Crippen LogP contribution in [-0.4, -0.2) is 23.2 Å². The van der Waals surface area contributed by atoms with Gasteiger partial charge in [-0.05, 0) is 37.8 Å². The van der Waals surface area contributed by atoms with Gasteiger partial charge in [-0.2, -0.15) is 5.10 Å². The van der Waals surface area contributed by atoms with Gasteiger partial charge in [0.2, 0.25) is 0 Å². The van der Waals surface area contributed by atoms with E-state index in [0.29, 0.717) is 22.2 Å². The van der Waals surface area contributed by atoms with Crippen LogP contribution in [0, 0.1) is 6.92 Å². The van der Waals surface area contributed by atoms with E-state index in [1.807, 2.05) is 6.92 Å². The van der Waals surface area contributed by atoms with Crippen molar-refractivity contribution >= 4 is 23.2 Å². The summed E-state index contributed by atoms with van der Waals surface area (Å²) in [4.78, 5) is 12.4. The molecule has 2 aromatic rings. The maximum absolute atomic E-state index is 12.4. The van der Waals surface area contributed by atoms with E-state index in [2.05, 4.69) is 15.5 Å². The summed E-state index contributed by atoms with van der Waals surface area (Å²) in [6.45, 7) is 1.88. The molecule has 0 saturated heterocycles. The number of anilines is 1. The van der Waals surface area contributed by atoms with E-state index in [0.717, 1.165) is 36.1 Å². The van der Waals surface area contributed by atoms with Crippen molar-refractivity contribution in [2.24, 2.45) is 0 Å². The van der Waals surface area contributed by atoms with Crippen LogP contribution in [0.4, 0.5) is 5.69 Å². The zero-order valence-electron chi connectivity index (χ0n) is 11.9. The van der Waals surface area contributed by atoms with Gasteiger partial charge in [0.1, 0.15) is 5.75 Å². The normalized spacial score (nSPS) is 13.1. The number of rotatable bonds is 3. The van der Waals surface area contributed by atoms with Crippen LogP contribution in [0.1, 0.15) is 33.7 Å². The maximum Gasteiger partial charge on any atom is 0.276 e. The zero-order valence-corrected chi connectivity index (χ0v) is 12.7. The molecule has 3 rings (SSSR count). The fraction of sp³-hybridized carbons (Fsp3) is 0.333. The minimum Gasteiger partial charge on any atom is -0.495 e. The first kappa shape index (κ1) is 13.9. The third kappa shape index (κ3) is 2.49. The molecule has 21 heavy (non-hydrogen) atoms. The number of halogens is 1. The Kier molecular flexibility index (Phi) is 3.59. The van der Waals surface area contributed by atoms with Crippen LogP contribution in [-0.2, 0) is 12.8 Å². The molecule has 0 unspecified atom stereocenters. The average Bonchev–Trinajstić information content (AvgIpc) is 3.04. The van der Waals surface area contributed by atoms with Crippen molar-refractivity contribution in [3.63, 3.8) is 0 Å². The lowest BCUT2D eigenvalue weighted by Gasteiger charge is -2.12. The molecule has 5 nitrogen and oxygen atoms in total. The van der Waals surface area contributed by atoms with Crippen LogP contribution >= 0.6 is 11.6 Å². The summed E-state index contributed by atoms with van der Waals surface area (Å²) in [6.07, 6.45) is 2.91. The number of carbonyl (C=O) groups excluding carboxylic acids is 1. The quantitative estimate of drug-likeness (QED) is 0.915. The second-order valence-electron chi connectivity index (χ2n) is 5.14. The second kappa shape index (κ2) is 5.41. The van der Waals surface area contributed by atoms with Gasteiger partial charge in [0.15, 0.2) is 5.69 Å². The lowest BCUT2D eigenvalue weighted by atomic mass is 10.1. The molecule has 0 bridgehead atoms. The van der Waals surface area contributed by atoms with E-state index >= 15 is 0 Å². The summed E-state index contributed by atoms with van der Waals surface area (Å²) in [5.41, 5.74) is 4.04. The number of hydrogen-bond acceptors (Lipinski definition) is 3. The molecule has 0 aliphatic heterocycles. The molecule has 1 aromatic heterocycles. The highest BCUT2D eigenvalue weighted by atomic mass is 35.5. The van der Waals surface area contributed by atoms with E-state index in [1.165, 1.54) is 0 Å². The Hall–Kier alpha value is -2.01. The summed E-state index contributed by atoms with van der Waals surface area (Å²) < 4.78 is 5.26. The molecule has 0 radical (unpaired) electrons. The van der Waals surface area contributed by atoms with E-state index in [9.17, 15) is 4.79 Å². The standard InChI is InChI=1S/C15H16ClN3O2/c1-8-6-12(13(21-2)7-10(8)16)17-15(20)14-9-4-3-5-11(9)18-19-14/h6-7H,3-5H2,1-2H3,(H,17,20)(H,18,19). The third-order valence-corrected chi connectivity index (χ3v) is 4.16. The number of hydrogen-bond donors (Lipinski definition) is 2. The van der Waals surface area contributed by atoms with Gasteiger partial charge in [0.25, 0.3) is 5.91 Å². The number of carbonyl (C=O) groups is 1. The smallest absolute Gasteiger partial charge is 0.276 e. The molecule has 0 saturated carbocycles. The fourth-order valence-corrected chi connectivity index (χ4v) is 2.77. The first-order valence-corrected chi connectivity index (χ1v) is 7.19. The van der Waals surface area contributed by atoms with Crippen LogP contribution in [0.2, 0.25) is 5.02 Å². The highest BCUT2D eigenvalue weighted by Crippen LogP contribution is 2.31. The van der Waals surface area contributed by atoms with Crippen LogP contribution in [0.25, 0.3) is 0 Å². The van der Waals surface area contributed by atoms with Crippen molar-refractivity contribution in [1.82, 2.24) is 10.2 Å². The molecule has 0 atom stereocenters. The van der Waals surface area contributed by atoms with Crippen molar-refractivity contribution in [2.75, 3.05) is 12.4 Å². The van der Waals surface area contributed by atoms with Gasteiger partial charge in [0.05, 0.1) is 12.8 Å². The third-order valence-electron chi connectivity index (χ3n) is 3.75. The lowest BCUT2D eigenvalue weighted by Crippen LogP contribution is -2.15. The van der Waals surface area contributed by atoms with E-state index < -0.39 is 0 Å². The minimum atomic E-state index is -0.227. The highest BCUT2D eigenvalue weighted by Gasteiger charge is 2.23. The van der Waals surface area contributed by atoms with Gasteiger partial charge in [-0.1, -0.05) is 11.6 Å². The Bertz CT molecular complexity index is 709.